The molecule has 0 radical (unpaired) electrons. The first-order chi connectivity index (χ1) is 9.67. The molecule has 20 heavy (non-hydrogen) atoms. The van der Waals surface area contributed by atoms with Gasteiger partial charge < -0.3 is 15.2 Å². The van der Waals surface area contributed by atoms with Gasteiger partial charge in [-0.05, 0) is 25.2 Å². The fourth-order valence-corrected chi connectivity index (χ4v) is 3.12. The molecule has 6 nitrogen and oxygen atoms in total. The molecule has 3 heterocycles. The van der Waals surface area contributed by atoms with E-state index in [4.69, 9.17) is 0 Å². The fraction of sp³-hybridized carbons (Fsp3) is 0.643. The Morgan fingerprint density at radius 3 is 2.75 bits per heavy atom. The number of aromatic amines is 1. The number of piperidine rings is 1. The zero-order chi connectivity index (χ0) is 14.1. The Labute approximate surface area is 119 Å². The zero-order valence-corrected chi connectivity index (χ0v) is 12.3. The highest BCUT2D eigenvalue weighted by atomic mass is 15.3. The van der Waals surface area contributed by atoms with E-state index in [2.05, 4.69) is 44.0 Å². The molecule has 0 spiro atoms. The predicted octanol–water partition coefficient (Wildman–Crippen LogP) is 2.27. The Morgan fingerprint density at radius 2 is 2.05 bits per heavy atom. The molecule has 2 unspecified atom stereocenters. The van der Waals surface area contributed by atoms with E-state index in [0.717, 1.165) is 36.6 Å². The lowest BCUT2D eigenvalue weighted by atomic mass is 9.92. The van der Waals surface area contributed by atoms with Crippen molar-refractivity contribution in [3.8, 4) is 0 Å². The molecule has 6 heteroatoms. The number of aromatic nitrogens is 4. The molecule has 3 rings (SSSR count). The molecule has 0 amide bonds. The van der Waals surface area contributed by atoms with Gasteiger partial charge in [0.2, 0.25) is 5.95 Å². The summed E-state index contributed by atoms with van der Waals surface area (Å²) in [7, 11) is 0. The molecule has 1 aliphatic rings. The molecule has 0 bridgehead atoms. The van der Waals surface area contributed by atoms with Gasteiger partial charge in [0.15, 0.2) is 11.5 Å². The van der Waals surface area contributed by atoms with Crippen molar-refractivity contribution in [1.82, 2.24) is 19.9 Å². The Bertz CT molecular complexity index is 582. The summed E-state index contributed by atoms with van der Waals surface area (Å²) in [6.45, 7) is 9.55. The highest BCUT2D eigenvalue weighted by Gasteiger charge is 2.25. The van der Waals surface area contributed by atoms with E-state index >= 15 is 0 Å². The van der Waals surface area contributed by atoms with E-state index in [1.807, 2.05) is 6.92 Å². The minimum atomic E-state index is 0.660. The SMILES string of the molecule is CCNc1nc(N2CC(C)CC(C)C2)c2[nH]cnc2n1. The first-order valence-electron chi connectivity index (χ1n) is 7.37. The smallest absolute Gasteiger partial charge is 0.226 e. The second-order valence-corrected chi connectivity index (χ2v) is 5.85. The summed E-state index contributed by atoms with van der Waals surface area (Å²) in [4.78, 5) is 18.9. The molecule has 0 aromatic carbocycles. The lowest BCUT2D eigenvalue weighted by Crippen LogP contribution is -2.39. The zero-order valence-electron chi connectivity index (χ0n) is 12.3. The van der Waals surface area contributed by atoms with Crippen molar-refractivity contribution in [2.45, 2.75) is 27.2 Å². The van der Waals surface area contributed by atoms with E-state index in [1.165, 1.54) is 6.42 Å². The van der Waals surface area contributed by atoms with Crippen molar-refractivity contribution in [2.24, 2.45) is 11.8 Å². The third-order valence-corrected chi connectivity index (χ3v) is 3.77. The predicted molar refractivity (Wildman–Crippen MR) is 81.0 cm³/mol. The van der Waals surface area contributed by atoms with E-state index in [1.54, 1.807) is 6.33 Å². The van der Waals surface area contributed by atoms with Crippen molar-refractivity contribution in [1.29, 1.82) is 0 Å². The molecule has 1 aliphatic heterocycles. The number of fused-ring (bicyclic) bond motifs is 1. The van der Waals surface area contributed by atoms with Crippen LogP contribution in [0.4, 0.5) is 11.8 Å². The van der Waals surface area contributed by atoms with Crippen LogP contribution in [0.3, 0.4) is 0 Å². The quantitative estimate of drug-likeness (QED) is 0.898. The largest absolute Gasteiger partial charge is 0.354 e. The van der Waals surface area contributed by atoms with Crippen molar-refractivity contribution < 1.29 is 0 Å². The number of rotatable bonds is 3. The average Bonchev–Trinajstić information content (AvgIpc) is 2.85. The number of nitrogens with zero attached hydrogens (tertiary/aromatic N) is 4. The van der Waals surface area contributed by atoms with Gasteiger partial charge >= 0.3 is 0 Å². The summed E-state index contributed by atoms with van der Waals surface area (Å²) >= 11 is 0. The molecular weight excluding hydrogens is 252 g/mol. The Morgan fingerprint density at radius 1 is 1.30 bits per heavy atom. The Balaban J connectivity index is 2.02. The third kappa shape index (κ3) is 2.42. The summed E-state index contributed by atoms with van der Waals surface area (Å²) in [6.07, 6.45) is 2.98. The lowest BCUT2D eigenvalue weighted by Gasteiger charge is -2.35. The van der Waals surface area contributed by atoms with Crippen LogP contribution in [0.1, 0.15) is 27.2 Å². The minimum Gasteiger partial charge on any atom is -0.354 e. The van der Waals surface area contributed by atoms with E-state index < -0.39 is 0 Å². The summed E-state index contributed by atoms with van der Waals surface area (Å²) in [5.74, 6) is 3.01. The molecule has 2 aromatic rings. The second kappa shape index (κ2) is 5.26. The van der Waals surface area contributed by atoms with E-state index in [0.29, 0.717) is 17.8 Å². The maximum atomic E-state index is 4.69. The van der Waals surface area contributed by atoms with Crippen LogP contribution in [0.25, 0.3) is 11.2 Å². The topological polar surface area (TPSA) is 69.7 Å². The monoisotopic (exact) mass is 274 g/mol. The van der Waals surface area contributed by atoms with Gasteiger partial charge in [0.25, 0.3) is 0 Å². The molecule has 0 saturated carbocycles. The Kier molecular flexibility index (Phi) is 3.46. The normalized spacial score (nSPS) is 23.2. The summed E-state index contributed by atoms with van der Waals surface area (Å²) in [6, 6.07) is 0. The van der Waals surface area contributed by atoms with Crippen LogP contribution < -0.4 is 10.2 Å². The van der Waals surface area contributed by atoms with E-state index in [-0.39, 0.29) is 0 Å². The number of hydrogen-bond acceptors (Lipinski definition) is 5. The van der Waals surface area contributed by atoms with E-state index in [9.17, 15) is 0 Å². The average molecular weight is 274 g/mol. The van der Waals surface area contributed by atoms with Crippen LogP contribution in [-0.4, -0.2) is 39.6 Å². The fourth-order valence-electron chi connectivity index (χ4n) is 3.12. The van der Waals surface area contributed by atoms with Crippen LogP contribution in [-0.2, 0) is 0 Å². The number of imidazole rings is 1. The third-order valence-electron chi connectivity index (χ3n) is 3.77. The highest BCUT2D eigenvalue weighted by molar-refractivity contribution is 5.84. The van der Waals surface area contributed by atoms with Crippen molar-refractivity contribution in [3.63, 3.8) is 0 Å². The van der Waals surface area contributed by atoms with Gasteiger partial charge in [0, 0.05) is 19.6 Å². The maximum absolute atomic E-state index is 4.69. The van der Waals surface area contributed by atoms with Gasteiger partial charge in [-0.1, -0.05) is 13.8 Å². The molecular formula is C14H22N6. The minimum absolute atomic E-state index is 0.660. The summed E-state index contributed by atoms with van der Waals surface area (Å²) in [5.41, 5.74) is 1.67. The van der Waals surface area contributed by atoms with Crippen LogP contribution in [0.5, 0.6) is 0 Å². The molecule has 1 saturated heterocycles. The number of H-pyrrole nitrogens is 1. The van der Waals surface area contributed by atoms with Crippen molar-refractivity contribution >= 4 is 22.9 Å². The van der Waals surface area contributed by atoms with Crippen LogP contribution >= 0.6 is 0 Å². The second-order valence-electron chi connectivity index (χ2n) is 5.85. The van der Waals surface area contributed by atoms with Crippen LogP contribution in [0.15, 0.2) is 6.33 Å². The summed E-state index contributed by atoms with van der Waals surface area (Å²) in [5, 5.41) is 3.19. The molecule has 0 aliphatic carbocycles. The summed E-state index contributed by atoms with van der Waals surface area (Å²) < 4.78 is 0. The number of hydrogen-bond donors (Lipinski definition) is 2. The Hall–Kier alpha value is -1.85. The molecule has 1 fully saturated rings. The van der Waals surface area contributed by atoms with Gasteiger partial charge in [-0.3, -0.25) is 0 Å². The van der Waals surface area contributed by atoms with Crippen molar-refractivity contribution in [2.75, 3.05) is 29.9 Å². The molecule has 108 valence electrons. The molecule has 2 atom stereocenters. The maximum Gasteiger partial charge on any atom is 0.226 e. The first-order valence-corrected chi connectivity index (χ1v) is 7.37. The van der Waals surface area contributed by atoms with Crippen LogP contribution in [0.2, 0.25) is 0 Å². The number of nitrogens with one attached hydrogen (secondary N) is 2. The molecule has 2 N–H and O–H groups in total. The van der Waals surface area contributed by atoms with Gasteiger partial charge in [-0.15, -0.1) is 0 Å². The van der Waals surface area contributed by atoms with Crippen molar-refractivity contribution in [3.05, 3.63) is 6.33 Å². The molecule has 2 aromatic heterocycles. The lowest BCUT2D eigenvalue weighted by molar-refractivity contribution is 0.356. The van der Waals surface area contributed by atoms with Gasteiger partial charge in [-0.25, -0.2) is 4.98 Å². The highest BCUT2D eigenvalue weighted by Crippen LogP contribution is 2.29. The van der Waals surface area contributed by atoms with Gasteiger partial charge in [-0.2, -0.15) is 9.97 Å². The van der Waals surface area contributed by atoms with Gasteiger partial charge in [0.1, 0.15) is 5.52 Å². The first kappa shape index (κ1) is 13.1. The number of anilines is 2. The standard InChI is InChI=1S/C14H22N6/c1-4-15-14-18-12-11(16-8-17-12)13(19-14)20-6-9(2)5-10(3)7-20/h8-10H,4-7H2,1-3H3,(H2,15,16,17,18,19). The van der Waals surface area contributed by atoms with Crippen LogP contribution in [0, 0.1) is 11.8 Å². The van der Waals surface area contributed by atoms with Gasteiger partial charge in [0.05, 0.1) is 6.33 Å².